The molecule has 2 heterocycles. The minimum atomic E-state index is 0.127. The van der Waals surface area contributed by atoms with Crippen molar-refractivity contribution in [1.29, 1.82) is 0 Å². The highest BCUT2D eigenvalue weighted by molar-refractivity contribution is 5.77. The van der Waals surface area contributed by atoms with Gasteiger partial charge in [-0.3, -0.25) is 4.79 Å². The van der Waals surface area contributed by atoms with E-state index in [2.05, 4.69) is 5.32 Å². The molecule has 2 aliphatic rings. The van der Waals surface area contributed by atoms with Crippen LogP contribution in [0.5, 0.6) is 0 Å². The quantitative estimate of drug-likeness (QED) is 0.565. The summed E-state index contributed by atoms with van der Waals surface area (Å²) in [7, 11) is 0. The summed E-state index contributed by atoms with van der Waals surface area (Å²) in [5, 5.41) is 3.22. The van der Waals surface area contributed by atoms with Crippen molar-refractivity contribution in [1.82, 2.24) is 10.2 Å². The molecule has 0 radical (unpaired) electrons. The van der Waals surface area contributed by atoms with Crippen LogP contribution in [0.2, 0.25) is 0 Å². The SMILES string of the molecule is N[C@H]1CNC[C@@H]1N1CCCCC1=O. The monoisotopic (exact) mass is 183 g/mol. The fraction of sp³-hybridized carbons (Fsp3) is 0.889. The molecule has 0 aromatic heterocycles. The summed E-state index contributed by atoms with van der Waals surface area (Å²) in [4.78, 5) is 13.5. The number of carbonyl (C=O) groups is 1. The molecule has 0 aliphatic carbocycles. The van der Waals surface area contributed by atoms with Gasteiger partial charge in [0.25, 0.3) is 0 Å². The Bertz CT molecular complexity index is 207. The maximum atomic E-state index is 11.6. The Morgan fingerprint density at radius 2 is 2.23 bits per heavy atom. The van der Waals surface area contributed by atoms with Crippen LogP contribution in [0.1, 0.15) is 19.3 Å². The topological polar surface area (TPSA) is 58.4 Å². The molecule has 2 fully saturated rings. The van der Waals surface area contributed by atoms with Crippen LogP contribution in [0.4, 0.5) is 0 Å². The molecule has 1 amide bonds. The molecule has 13 heavy (non-hydrogen) atoms. The molecular weight excluding hydrogens is 166 g/mol. The molecule has 74 valence electrons. The van der Waals surface area contributed by atoms with Crippen LogP contribution in [-0.4, -0.2) is 42.5 Å². The van der Waals surface area contributed by atoms with Crippen LogP contribution < -0.4 is 11.1 Å². The molecule has 0 saturated carbocycles. The van der Waals surface area contributed by atoms with Crippen LogP contribution in [-0.2, 0) is 4.79 Å². The average molecular weight is 183 g/mol. The Labute approximate surface area is 78.5 Å². The fourth-order valence-electron chi connectivity index (χ4n) is 2.20. The molecule has 0 bridgehead atoms. The number of carbonyl (C=O) groups excluding carboxylic acids is 1. The Morgan fingerprint density at radius 1 is 1.38 bits per heavy atom. The van der Waals surface area contributed by atoms with Gasteiger partial charge in [-0.05, 0) is 12.8 Å². The maximum absolute atomic E-state index is 11.6. The molecule has 2 saturated heterocycles. The predicted octanol–water partition coefficient (Wildman–Crippen LogP) is -0.702. The van der Waals surface area contributed by atoms with E-state index in [9.17, 15) is 4.79 Å². The highest BCUT2D eigenvalue weighted by atomic mass is 16.2. The van der Waals surface area contributed by atoms with E-state index in [4.69, 9.17) is 5.73 Å². The number of rotatable bonds is 1. The first kappa shape index (κ1) is 8.97. The molecule has 4 nitrogen and oxygen atoms in total. The Balaban J connectivity index is 2.01. The van der Waals surface area contributed by atoms with Crippen LogP contribution in [0.3, 0.4) is 0 Å². The zero-order valence-corrected chi connectivity index (χ0v) is 7.83. The van der Waals surface area contributed by atoms with Crippen molar-refractivity contribution in [3.05, 3.63) is 0 Å². The lowest BCUT2D eigenvalue weighted by Crippen LogP contribution is -2.51. The number of nitrogens with two attached hydrogens (primary N) is 1. The normalized spacial score (nSPS) is 35.5. The van der Waals surface area contributed by atoms with Crippen molar-refractivity contribution < 1.29 is 4.79 Å². The fourth-order valence-corrected chi connectivity index (χ4v) is 2.20. The van der Waals surface area contributed by atoms with E-state index in [0.717, 1.165) is 32.5 Å². The smallest absolute Gasteiger partial charge is 0.222 e. The van der Waals surface area contributed by atoms with Crippen molar-refractivity contribution in [3.8, 4) is 0 Å². The second-order valence-electron chi connectivity index (χ2n) is 3.93. The average Bonchev–Trinajstić information content (AvgIpc) is 2.52. The predicted molar refractivity (Wildman–Crippen MR) is 50.2 cm³/mol. The lowest BCUT2D eigenvalue weighted by atomic mass is 10.1. The van der Waals surface area contributed by atoms with Gasteiger partial charge in [-0.1, -0.05) is 0 Å². The number of likely N-dealkylation sites (tertiary alicyclic amines) is 1. The van der Waals surface area contributed by atoms with Gasteiger partial charge >= 0.3 is 0 Å². The van der Waals surface area contributed by atoms with Crippen LogP contribution in [0, 0.1) is 0 Å². The molecule has 0 spiro atoms. The van der Waals surface area contributed by atoms with Gasteiger partial charge in [0.2, 0.25) is 5.91 Å². The lowest BCUT2D eigenvalue weighted by molar-refractivity contribution is -0.135. The van der Waals surface area contributed by atoms with Crippen molar-refractivity contribution in [2.45, 2.75) is 31.3 Å². The zero-order chi connectivity index (χ0) is 9.26. The van der Waals surface area contributed by atoms with E-state index in [1.165, 1.54) is 0 Å². The standard InChI is InChI=1S/C9H17N3O/c10-7-5-11-6-8(7)12-4-2-1-3-9(12)13/h7-8,11H,1-6,10H2/t7-,8-/m0/s1. The molecule has 0 aromatic rings. The van der Waals surface area contributed by atoms with Crippen molar-refractivity contribution >= 4 is 5.91 Å². The second kappa shape index (κ2) is 3.64. The molecular formula is C9H17N3O. The first-order chi connectivity index (χ1) is 6.29. The third-order valence-corrected chi connectivity index (χ3v) is 2.99. The number of piperidine rings is 1. The minimum Gasteiger partial charge on any atom is -0.337 e. The minimum absolute atomic E-state index is 0.127. The van der Waals surface area contributed by atoms with Gasteiger partial charge < -0.3 is 16.0 Å². The largest absolute Gasteiger partial charge is 0.337 e. The number of nitrogens with zero attached hydrogens (tertiary/aromatic N) is 1. The molecule has 2 atom stereocenters. The van der Waals surface area contributed by atoms with Crippen molar-refractivity contribution in [3.63, 3.8) is 0 Å². The molecule has 0 unspecified atom stereocenters. The first-order valence-corrected chi connectivity index (χ1v) is 5.05. The third-order valence-electron chi connectivity index (χ3n) is 2.99. The zero-order valence-electron chi connectivity index (χ0n) is 7.83. The third kappa shape index (κ3) is 1.69. The number of hydrogen-bond acceptors (Lipinski definition) is 3. The summed E-state index contributed by atoms with van der Waals surface area (Å²) in [6.07, 6.45) is 2.89. The van der Waals surface area contributed by atoms with Gasteiger partial charge in [0.15, 0.2) is 0 Å². The Kier molecular flexibility index (Phi) is 2.51. The van der Waals surface area contributed by atoms with E-state index in [1.54, 1.807) is 0 Å². The Morgan fingerprint density at radius 3 is 2.85 bits per heavy atom. The van der Waals surface area contributed by atoms with E-state index in [1.807, 2.05) is 4.90 Å². The summed E-state index contributed by atoms with van der Waals surface area (Å²) in [6, 6.07) is 0.370. The van der Waals surface area contributed by atoms with Crippen LogP contribution in [0.25, 0.3) is 0 Å². The second-order valence-corrected chi connectivity index (χ2v) is 3.93. The molecule has 3 N–H and O–H groups in total. The summed E-state index contributed by atoms with van der Waals surface area (Å²) >= 11 is 0. The first-order valence-electron chi connectivity index (χ1n) is 5.05. The van der Waals surface area contributed by atoms with Gasteiger partial charge in [0.1, 0.15) is 0 Å². The van der Waals surface area contributed by atoms with Crippen LogP contribution in [0.15, 0.2) is 0 Å². The number of amides is 1. The highest BCUT2D eigenvalue weighted by Gasteiger charge is 2.33. The molecule has 2 rings (SSSR count). The van der Waals surface area contributed by atoms with E-state index in [0.29, 0.717) is 6.42 Å². The maximum Gasteiger partial charge on any atom is 0.222 e. The summed E-state index contributed by atoms with van der Waals surface area (Å²) < 4.78 is 0. The van der Waals surface area contributed by atoms with E-state index < -0.39 is 0 Å². The van der Waals surface area contributed by atoms with E-state index >= 15 is 0 Å². The summed E-state index contributed by atoms with van der Waals surface area (Å²) in [6.45, 7) is 2.61. The number of nitrogens with one attached hydrogen (secondary N) is 1. The molecule has 2 aliphatic heterocycles. The summed E-state index contributed by atoms with van der Waals surface area (Å²) in [5.41, 5.74) is 5.92. The van der Waals surface area contributed by atoms with Gasteiger partial charge in [-0.25, -0.2) is 0 Å². The van der Waals surface area contributed by atoms with Crippen molar-refractivity contribution in [2.24, 2.45) is 5.73 Å². The molecule has 0 aromatic carbocycles. The highest BCUT2D eigenvalue weighted by Crippen LogP contribution is 2.16. The van der Waals surface area contributed by atoms with Gasteiger partial charge in [-0.2, -0.15) is 0 Å². The van der Waals surface area contributed by atoms with Gasteiger partial charge in [-0.15, -0.1) is 0 Å². The van der Waals surface area contributed by atoms with E-state index in [-0.39, 0.29) is 18.0 Å². The summed E-state index contributed by atoms with van der Waals surface area (Å²) in [5.74, 6) is 0.287. The van der Waals surface area contributed by atoms with Gasteiger partial charge in [0, 0.05) is 32.1 Å². The lowest BCUT2D eigenvalue weighted by Gasteiger charge is -2.34. The van der Waals surface area contributed by atoms with Crippen molar-refractivity contribution in [2.75, 3.05) is 19.6 Å². The number of hydrogen-bond donors (Lipinski definition) is 2. The van der Waals surface area contributed by atoms with Crippen LogP contribution >= 0.6 is 0 Å². The van der Waals surface area contributed by atoms with Gasteiger partial charge in [0.05, 0.1) is 6.04 Å². The Hall–Kier alpha value is -0.610. The molecule has 4 heteroatoms.